The fraction of sp³-hybridized carbons (Fsp3) is 0.542. The van der Waals surface area contributed by atoms with E-state index in [-0.39, 0.29) is 18.3 Å². The highest BCUT2D eigenvalue weighted by atomic mass is 16.6. The summed E-state index contributed by atoms with van der Waals surface area (Å²) in [7, 11) is 0. The van der Waals surface area contributed by atoms with Crippen LogP contribution in [0.1, 0.15) is 66.5 Å². The van der Waals surface area contributed by atoms with Gasteiger partial charge in [-0.3, -0.25) is 0 Å². The van der Waals surface area contributed by atoms with Gasteiger partial charge in [0.1, 0.15) is 12.6 Å². The number of aliphatic imine (C=N–C) groups is 1. The average molecular weight is 419 g/mol. The number of benzene rings is 1. The van der Waals surface area contributed by atoms with Gasteiger partial charge in [-0.05, 0) is 86.5 Å². The fourth-order valence-corrected chi connectivity index (χ4v) is 5.47. The van der Waals surface area contributed by atoms with Crippen molar-refractivity contribution in [3.8, 4) is 0 Å². The number of ether oxygens (including phenoxy) is 2. The summed E-state index contributed by atoms with van der Waals surface area (Å²) >= 11 is 0. The smallest absolute Gasteiger partial charge is 0.360 e. The van der Waals surface area contributed by atoms with Gasteiger partial charge in [0.15, 0.2) is 12.0 Å². The first-order valence-corrected chi connectivity index (χ1v) is 11.4. The summed E-state index contributed by atoms with van der Waals surface area (Å²) in [6.07, 6.45) is 12.9. The van der Waals surface area contributed by atoms with Gasteiger partial charge in [0.2, 0.25) is 0 Å². The molecule has 2 aromatic rings. The summed E-state index contributed by atoms with van der Waals surface area (Å²) in [6.45, 7) is 0.0783. The summed E-state index contributed by atoms with van der Waals surface area (Å²) in [5.74, 6) is -0.484. The molecule has 0 radical (unpaired) electrons. The lowest BCUT2D eigenvalue weighted by Gasteiger charge is -2.25. The predicted octanol–water partition coefficient (Wildman–Crippen LogP) is 3.43. The van der Waals surface area contributed by atoms with E-state index in [0.717, 1.165) is 57.1 Å². The van der Waals surface area contributed by atoms with Gasteiger partial charge in [0, 0.05) is 11.8 Å². The second-order valence-corrected chi connectivity index (χ2v) is 8.98. The summed E-state index contributed by atoms with van der Waals surface area (Å²) < 4.78 is 16.8. The van der Waals surface area contributed by atoms with Crippen molar-refractivity contribution in [2.45, 2.75) is 75.9 Å². The van der Waals surface area contributed by atoms with E-state index in [1.54, 1.807) is 0 Å². The summed E-state index contributed by atoms with van der Waals surface area (Å²) in [5, 5.41) is 7.35. The molecule has 1 N–H and O–H groups in total. The summed E-state index contributed by atoms with van der Waals surface area (Å²) in [4.78, 5) is 17.8. The van der Waals surface area contributed by atoms with Crippen LogP contribution in [0.15, 0.2) is 15.6 Å². The molecule has 160 valence electrons. The summed E-state index contributed by atoms with van der Waals surface area (Å²) in [5.41, 5.74) is 5.44. The van der Waals surface area contributed by atoms with E-state index in [9.17, 15) is 4.79 Å². The number of nitrogens with zero attached hydrogens (tertiary/aromatic N) is 2. The Morgan fingerprint density at radius 1 is 1.10 bits per heavy atom. The lowest BCUT2D eigenvalue weighted by molar-refractivity contribution is -0.168. The molecule has 2 heterocycles. The van der Waals surface area contributed by atoms with E-state index in [4.69, 9.17) is 14.0 Å². The van der Waals surface area contributed by atoms with Crippen molar-refractivity contribution in [2.75, 3.05) is 11.9 Å². The lowest BCUT2D eigenvalue weighted by atomic mass is 9.99. The van der Waals surface area contributed by atoms with Gasteiger partial charge in [-0.25, -0.2) is 9.79 Å². The largest absolute Gasteiger partial charge is 0.459 e. The van der Waals surface area contributed by atoms with Crippen molar-refractivity contribution in [3.63, 3.8) is 0 Å². The Morgan fingerprint density at radius 3 is 2.52 bits per heavy atom. The van der Waals surface area contributed by atoms with E-state index in [1.807, 2.05) is 0 Å². The number of amidine groups is 1. The highest BCUT2D eigenvalue weighted by Gasteiger charge is 2.53. The van der Waals surface area contributed by atoms with Crippen molar-refractivity contribution in [1.82, 2.24) is 5.16 Å². The van der Waals surface area contributed by atoms with Crippen molar-refractivity contribution in [3.05, 3.63) is 46.3 Å². The van der Waals surface area contributed by atoms with E-state index in [2.05, 4.69) is 33.9 Å². The van der Waals surface area contributed by atoms with Crippen molar-refractivity contribution in [1.29, 1.82) is 0 Å². The maximum atomic E-state index is 13.2. The van der Waals surface area contributed by atoms with Crippen LogP contribution in [-0.2, 0) is 45.6 Å². The van der Waals surface area contributed by atoms with Crippen LogP contribution in [0, 0.1) is 12.3 Å². The first kappa shape index (κ1) is 18.7. The fourth-order valence-electron chi connectivity index (χ4n) is 5.47. The number of hydrogen-bond donors (Lipinski definition) is 1. The molecule has 7 nitrogen and oxygen atoms in total. The van der Waals surface area contributed by atoms with Gasteiger partial charge in [-0.2, -0.15) is 0 Å². The topological polar surface area (TPSA) is 86.0 Å². The molecule has 0 bridgehead atoms. The van der Waals surface area contributed by atoms with Crippen LogP contribution in [0.5, 0.6) is 0 Å². The number of aromatic nitrogens is 1. The molecule has 1 aliphatic heterocycles. The van der Waals surface area contributed by atoms with Crippen LogP contribution < -0.4 is 5.32 Å². The van der Waals surface area contributed by atoms with Crippen LogP contribution in [0.2, 0.25) is 0 Å². The average Bonchev–Trinajstić information content (AvgIpc) is 3.59. The minimum Gasteiger partial charge on any atom is -0.459 e. The Hall–Kier alpha value is -3.01. The molecular weight excluding hydrogens is 394 g/mol. The zero-order valence-corrected chi connectivity index (χ0v) is 17.5. The Morgan fingerprint density at radius 2 is 1.84 bits per heavy atom. The zero-order valence-electron chi connectivity index (χ0n) is 17.5. The number of carbonyl (C=O) groups excluding carboxylic acids is 1. The molecular formula is C24H25N3O4. The first-order valence-electron chi connectivity index (χ1n) is 11.4. The number of anilines is 1. The van der Waals surface area contributed by atoms with Gasteiger partial charge >= 0.3 is 5.97 Å². The maximum Gasteiger partial charge on any atom is 0.360 e. The lowest BCUT2D eigenvalue weighted by Crippen LogP contribution is -2.43. The summed E-state index contributed by atoms with van der Waals surface area (Å²) in [6, 6.07) is 5.48. The predicted molar refractivity (Wildman–Crippen MR) is 112 cm³/mol. The molecule has 1 fully saturated rings. The van der Waals surface area contributed by atoms with Crippen molar-refractivity contribution < 1.29 is 18.8 Å². The Labute approximate surface area is 181 Å². The molecule has 3 aliphatic carbocycles. The minimum absolute atomic E-state index is 0.0783. The van der Waals surface area contributed by atoms with Crippen LogP contribution in [0.25, 0.3) is 0 Å². The zero-order chi connectivity index (χ0) is 20.8. The van der Waals surface area contributed by atoms with Gasteiger partial charge in [0.25, 0.3) is 11.6 Å². The number of hydrogen-bond acceptors (Lipinski definition) is 7. The number of aryl methyl sites for hydroxylation is 2. The van der Waals surface area contributed by atoms with Gasteiger partial charge in [-0.15, -0.1) is 0 Å². The molecule has 0 amide bonds. The monoisotopic (exact) mass is 419 g/mol. The highest BCUT2D eigenvalue weighted by molar-refractivity contribution is 5.96. The normalized spacial score (nSPS) is 24.3. The van der Waals surface area contributed by atoms with Crippen molar-refractivity contribution >= 4 is 17.7 Å². The third kappa shape index (κ3) is 3.08. The maximum absolute atomic E-state index is 13.2. The van der Waals surface area contributed by atoms with Crippen LogP contribution >= 0.6 is 0 Å². The molecule has 7 heteroatoms. The highest BCUT2D eigenvalue weighted by Crippen LogP contribution is 2.40. The number of fused-ring (bicyclic) bond motifs is 2. The molecule has 0 spiro atoms. The first-order chi connectivity index (χ1) is 15.2. The Kier molecular flexibility index (Phi) is 4.41. The van der Waals surface area contributed by atoms with Gasteiger partial charge < -0.3 is 19.3 Å². The third-order valence-electron chi connectivity index (χ3n) is 7.06. The van der Waals surface area contributed by atoms with E-state index >= 15 is 0 Å². The minimum atomic E-state index is -1.48. The number of esters is 1. The van der Waals surface area contributed by atoms with E-state index < -0.39 is 11.6 Å². The molecule has 6 rings (SSSR count). The van der Waals surface area contributed by atoms with E-state index in [0.29, 0.717) is 6.02 Å². The molecule has 1 atom stereocenters. The second-order valence-electron chi connectivity index (χ2n) is 8.98. The molecule has 1 unspecified atom stereocenters. The number of carbonyl (C=O) groups is 1. The molecule has 1 aromatic heterocycles. The Bertz CT molecular complexity index is 1010. The number of rotatable bonds is 4. The molecule has 4 aliphatic rings. The molecule has 1 aromatic carbocycles. The van der Waals surface area contributed by atoms with Crippen LogP contribution in [0.4, 0.5) is 5.69 Å². The van der Waals surface area contributed by atoms with Gasteiger partial charge in [0.05, 0.1) is 0 Å². The number of nitrogens with one attached hydrogen (secondary N) is 1. The van der Waals surface area contributed by atoms with Crippen LogP contribution in [-0.4, -0.2) is 29.8 Å². The van der Waals surface area contributed by atoms with Gasteiger partial charge in [-0.1, -0.05) is 11.2 Å². The third-order valence-corrected chi connectivity index (χ3v) is 7.06. The molecule has 1 saturated carbocycles. The van der Waals surface area contributed by atoms with Crippen molar-refractivity contribution in [2.24, 2.45) is 4.99 Å². The van der Waals surface area contributed by atoms with E-state index in [1.165, 1.54) is 35.1 Å². The Balaban J connectivity index is 1.29. The second kappa shape index (κ2) is 7.30. The van der Waals surface area contributed by atoms with Crippen LogP contribution in [0.3, 0.4) is 0 Å². The molecule has 0 saturated heterocycles. The molecule has 31 heavy (non-hydrogen) atoms. The quantitative estimate of drug-likeness (QED) is 0.764. The SMILES string of the molecule is O=C(OC1CCCC1)C1(c2c#con2)CN=C(Nc2c3c(cc4c2CCC4)CCC3)O1. The standard InChI is InChI=1S/C24H25N3O4/c28-22(30-17-7-1-2-8-17)24(20-11-12-29-27-20)14-25-23(31-24)26-21-18-9-3-5-15(18)13-16-6-4-10-19(16)21/h13,17H,1-10,14H2,(H,25,26).